The van der Waals surface area contributed by atoms with E-state index in [2.05, 4.69) is 328 Å². The molecule has 0 amide bonds. The van der Waals surface area contributed by atoms with Crippen molar-refractivity contribution in [3.63, 3.8) is 0 Å². The predicted octanol–water partition coefficient (Wildman–Crippen LogP) is 24.2. The second-order valence-corrected chi connectivity index (χ2v) is 24.4. The van der Waals surface area contributed by atoms with Crippen molar-refractivity contribution in [3.8, 4) is 156 Å². The molecule has 0 atom stereocenters. The Hall–Kier alpha value is -12.0. The fraction of sp³-hybridized carbons (Fsp3) is 0.0106. The third kappa shape index (κ3) is 13.1. The topological polar surface area (TPSA) is 38.7 Å². The van der Waals surface area contributed by atoms with Gasteiger partial charge in [0.05, 0.1) is 0 Å². The monoisotopic (exact) mass is 1430 g/mol. The minimum absolute atomic E-state index is 0. The van der Waals surface area contributed by atoms with E-state index >= 15 is 0 Å². The summed E-state index contributed by atoms with van der Waals surface area (Å²) in [6.45, 7) is 0. The maximum Gasteiger partial charge on any atom is 3.00 e. The Morgan fingerprint density at radius 1 is 0.204 bits per heavy atom. The standard InChI is InChI=1S/C94H62N3.Ir/c1-4-25-66(26-5-1)69-32-22-35-73(58-69)89-62-76(92-43-16-19-52-95-92)46-49-86(89)81-38-11-10-31-72(81)55-65-56-79(82-39-12-14-41-84(82)87-50-47-77(93-44-17-20-53-96-93)63-90(87)74-36-23-33-70(59-74)67-27-6-2-7-28-67)61-80(57-65)83-40-13-15-42-85(83)88-51-48-78(94-45-18-21-54-97-94)64-91(88)75-37-24-34-71(60-75)68-29-8-3-9-30-68;/h1-45,49-54,56-64H,55H2;/q-3;+3. The molecule has 3 aromatic heterocycles. The number of rotatable bonds is 16. The summed E-state index contributed by atoms with van der Waals surface area (Å²) in [6, 6.07) is 135. The Kier molecular flexibility index (Phi) is 18.1. The Balaban J connectivity index is 0.00000784. The molecule has 13 aromatic carbocycles. The van der Waals surface area contributed by atoms with Crippen LogP contribution in [0.1, 0.15) is 11.1 Å². The van der Waals surface area contributed by atoms with Crippen molar-refractivity contribution in [2.45, 2.75) is 6.42 Å². The molecule has 0 saturated carbocycles. The van der Waals surface area contributed by atoms with Crippen molar-refractivity contribution in [1.29, 1.82) is 0 Å². The molecule has 0 aliphatic rings. The Bertz CT molecular complexity index is 5230. The molecule has 98 heavy (non-hydrogen) atoms. The van der Waals surface area contributed by atoms with E-state index in [0.717, 1.165) is 156 Å². The summed E-state index contributed by atoms with van der Waals surface area (Å²) in [5.74, 6) is 0. The number of nitrogens with zero attached hydrogens (tertiary/aromatic N) is 3. The molecule has 0 aliphatic heterocycles. The molecule has 3 heterocycles. The van der Waals surface area contributed by atoms with Crippen LogP contribution in [0.5, 0.6) is 0 Å². The first-order valence-electron chi connectivity index (χ1n) is 32.9. The molecule has 0 spiro atoms. The average Bonchev–Trinajstić information content (AvgIpc) is 0.773. The van der Waals surface area contributed by atoms with Crippen LogP contribution in [-0.2, 0) is 26.5 Å². The van der Waals surface area contributed by atoms with Crippen molar-refractivity contribution in [2.24, 2.45) is 0 Å². The van der Waals surface area contributed by atoms with Crippen LogP contribution in [0.2, 0.25) is 0 Å². The number of hydrogen-bond donors (Lipinski definition) is 0. The Morgan fingerprint density at radius 3 is 0.867 bits per heavy atom. The van der Waals surface area contributed by atoms with Gasteiger partial charge in [0, 0.05) is 18.6 Å². The van der Waals surface area contributed by atoms with Crippen LogP contribution in [0, 0.1) is 18.2 Å². The van der Waals surface area contributed by atoms with Crippen molar-refractivity contribution in [1.82, 2.24) is 15.0 Å². The molecular formula is C94H62IrN3. The van der Waals surface area contributed by atoms with E-state index in [9.17, 15) is 0 Å². The van der Waals surface area contributed by atoms with Crippen LogP contribution in [0.3, 0.4) is 0 Å². The van der Waals surface area contributed by atoms with Gasteiger partial charge < -0.3 is 15.0 Å². The van der Waals surface area contributed by atoms with Gasteiger partial charge in [-0.05, 0) is 149 Å². The summed E-state index contributed by atoms with van der Waals surface area (Å²) in [4.78, 5) is 14.4. The molecule has 0 radical (unpaired) electrons. The van der Waals surface area contributed by atoms with Gasteiger partial charge in [-0.15, -0.1) is 71.3 Å². The van der Waals surface area contributed by atoms with Gasteiger partial charge in [0.2, 0.25) is 0 Å². The van der Waals surface area contributed by atoms with Gasteiger partial charge in [-0.2, -0.15) is 0 Å². The number of aromatic nitrogens is 3. The maximum atomic E-state index is 4.82. The zero-order valence-corrected chi connectivity index (χ0v) is 55.9. The first-order chi connectivity index (χ1) is 48.1. The van der Waals surface area contributed by atoms with Gasteiger partial charge in [-0.1, -0.05) is 317 Å². The van der Waals surface area contributed by atoms with Crippen molar-refractivity contribution < 1.29 is 20.1 Å². The van der Waals surface area contributed by atoms with E-state index in [1.165, 1.54) is 11.1 Å². The molecule has 0 N–H and O–H groups in total. The summed E-state index contributed by atoms with van der Waals surface area (Å²) < 4.78 is 0. The van der Waals surface area contributed by atoms with Gasteiger partial charge in [0.25, 0.3) is 0 Å². The van der Waals surface area contributed by atoms with Gasteiger partial charge >= 0.3 is 20.1 Å². The molecule has 0 aliphatic carbocycles. The summed E-state index contributed by atoms with van der Waals surface area (Å²) in [5, 5.41) is 0. The van der Waals surface area contributed by atoms with E-state index in [0.29, 0.717) is 6.42 Å². The zero-order chi connectivity index (χ0) is 64.7. The van der Waals surface area contributed by atoms with Gasteiger partial charge in [-0.25, -0.2) is 0 Å². The third-order valence-electron chi connectivity index (χ3n) is 18.3. The third-order valence-corrected chi connectivity index (χ3v) is 18.3. The molecular weight excluding hydrogens is 1360 g/mol. The average molecular weight is 1430 g/mol. The van der Waals surface area contributed by atoms with E-state index in [-0.39, 0.29) is 20.1 Å². The first-order valence-corrected chi connectivity index (χ1v) is 32.9. The maximum absolute atomic E-state index is 4.82. The van der Waals surface area contributed by atoms with Crippen LogP contribution < -0.4 is 0 Å². The normalized spacial score (nSPS) is 11.0. The summed E-state index contributed by atoms with van der Waals surface area (Å²) in [5.41, 5.74) is 32.2. The fourth-order valence-electron chi connectivity index (χ4n) is 13.6. The van der Waals surface area contributed by atoms with Crippen molar-refractivity contribution >= 4 is 0 Å². The molecule has 3 nitrogen and oxygen atoms in total. The Morgan fingerprint density at radius 2 is 0.500 bits per heavy atom. The molecule has 4 heteroatoms. The van der Waals surface area contributed by atoms with Crippen molar-refractivity contribution in [2.75, 3.05) is 0 Å². The fourth-order valence-corrected chi connectivity index (χ4v) is 13.6. The molecule has 0 bridgehead atoms. The minimum Gasteiger partial charge on any atom is -0.305 e. The number of benzene rings is 13. The van der Waals surface area contributed by atoms with E-state index < -0.39 is 0 Å². The van der Waals surface area contributed by atoms with Crippen LogP contribution in [-0.4, -0.2) is 15.0 Å². The van der Waals surface area contributed by atoms with Gasteiger partial charge in [0.15, 0.2) is 0 Å². The molecule has 0 fully saturated rings. The number of hydrogen-bond acceptors (Lipinski definition) is 3. The van der Waals surface area contributed by atoms with Crippen molar-refractivity contribution in [3.05, 3.63) is 394 Å². The molecule has 16 aromatic rings. The Labute approximate surface area is 587 Å². The summed E-state index contributed by atoms with van der Waals surface area (Å²) in [6.07, 6.45) is 6.18. The quantitative estimate of drug-likeness (QED) is 0.0905. The molecule has 462 valence electrons. The predicted molar refractivity (Wildman–Crippen MR) is 402 cm³/mol. The van der Waals surface area contributed by atoms with E-state index in [1.54, 1.807) is 0 Å². The molecule has 0 saturated heterocycles. The number of pyridine rings is 3. The SMILES string of the molecule is [Ir+3].[c-]1cc(-c2ccccc2Cc2cc(-c3ccccc3-c3c[c-]c(-c4ccccn4)cc3-c3cccc(-c4ccccc4)c3)cc(-c3ccccc3-c3c[c-]c(-c4ccccn4)cc3-c3cccc(-c4ccccc4)c3)c2)c(-c2cccc(-c3ccccc3)c2)cc1-c1ccccn1. The summed E-state index contributed by atoms with van der Waals surface area (Å²) in [7, 11) is 0. The van der Waals surface area contributed by atoms with Gasteiger partial charge in [0.1, 0.15) is 0 Å². The largest absolute Gasteiger partial charge is 3.00 e. The van der Waals surface area contributed by atoms with Crippen LogP contribution in [0.15, 0.2) is 364 Å². The van der Waals surface area contributed by atoms with Crippen LogP contribution >= 0.6 is 0 Å². The van der Waals surface area contributed by atoms with E-state index in [4.69, 9.17) is 15.0 Å². The van der Waals surface area contributed by atoms with E-state index in [1.807, 2.05) is 55.0 Å². The smallest absolute Gasteiger partial charge is 0.305 e. The van der Waals surface area contributed by atoms with Gasteiger partial charge in [-0.3, -0.25) is 0 Å². The zero-order valence-electron chi connectivity index (χ0n) is 53.5. The van der Waals surface area contributed by atoms with Crippen LogP contribution in [0.4, 0.5) is 0 Å². The summed E-state index contributed by atoms with van der Waals surface area (Å²) >= 11 is 0. The molecule has 0 unspecified atom stereocenters. The second-order valence-electron chi connectivity index (χ2n) is 24.4. The minimum atomic E-state index is 0. The second kappa shape index (κ2) is 28.5. The van der Waals surface area contributed by atoms with Crippen LogP contribution in [0.25, 0.3) is 156 Å². The molecule has 16 rings (SSSR count). The first kappa shape index (κ1) is 62.1.